The van der Waals surface area contributed by atoms with Crippen molar-refractivity contribution in [1.82, 2.24) is 5.32 Å². The molecule has 0 aliphatic rings. The summed E-state index contributed by atoms with van der Waals surface area (Å²) in [5.41, 5.74) is 0. The van der Waals surface area contributed by atoms with Crippen LogP contribution in [-0.2, 0) is 18.4 Å². The number of likely N-dealkylation sites (N-methyl/N-ethyl adjacent to an activating group) is 1. The van der Waals surface area contributed by atoms with Crippen molar-refractivity contribution >= 4 is 13.7 Å². The average Bonchev–Trinajstić information content (AvgIpc) is 3.19. The first kappa shape index (κ1) is 57.5. The van der Waals surface area contributed by atoms with Gasteiger partial charge < -0.3 is 28.8 Å². The van der Waals surface area contributed by atoms with E-state index in [2.05, 4.69) is 55.6 Å². The van der Waals surface area contributed by atoms with Gasteiger partial charge >= 0.3 is 0 Å². The predicted molar refractivity (Wildman–Crippen MR) is 251 cm³/mol. The van der Waals surface area contributed by atoms with Crippen molar-refractivity contribution in [3.8, 4) is 0 Å². The fourth-order valence-corrected chi connectivity index (χ4v) is 7.57. The molecule has 3 atom stereocenters. The van der Waals surface area contributed by atoms with Gasteiger partial charge in [0.05, 0.1) is 39.9 Å². The second-order valence-electron chi connectivity index (χ2n) is 17.8. The van der Waals surface area contributed by atoms with Crippen LogP contribution in [0.1, 0.15) is 213 Å². The molecule has 0 aliphatic heterocycles. The van der Waals surface area contributed by atoms with Crippen molar-refractivity contribution in [2.45, 2.75) is 225 Å². The number of phosphoric acid groups is 1. The summed E-state index contributed by atoms with van der Waals surface area (Å²) in [5.74, 6) is -0.216. The Labute approximate surface area is 365 Å². The number of unbranched alkanes of at least 4 members (excludes halogenated alkanes) is 25. The molecule has 8 nitrogen and oxygen atoms in total. The minimum atomic E-state index is -4.60. The number of hydrogen-bond donors (Lipinski definition) is 2. The second-order valence-corrected chi connectivity index (χ2v) is 19.2. The highest BCUT2D eigenvalue weighted by Crippen LogP contribution is 2.38. The molecule has 0 rings (SSSR count). The highest BCUT2D eigenvalue weighted by Gasteiger charge is 2.23. The van der Waals surface area contributed by atoms with Gasteiger partial charge in [0.2, 0.25) is 5.91 Å². The molecule has 0 spiro atoms. The molecule has 2 N–H and O–H groups in total. The van der Waals surface area contributed by atoms with Gasteiger partial charge in [-0.1, -0.05) is 191 Å². The van der Waals surface area contributed by atoms with Crippen molar-refractivity contribution in [3.63, 3.8) is 0 Å². The molecule has 0 aliphatic carbocycles. The number of allylic oxidation sites excluding steroid dienone is 7. The van der Waals surface area contributed by atoms with Crippen molar-refractivity contribution in [2.24, 2.45) is 0 Å². The van der Waals surface area contributed by atoms with Gasteiger partial charge in [0.25, 0.3) is 7.82 Å². The Balaban J connectivity index is 4.35. The lowest BCUT2D eigenvalue weighted by Gasteiger charge is -2.29. The Morgan fingerprint density at radius 3 is 1.47 bits per heavy atom. The van der Waals surface area contributed by atoms with E-state index < -0.39 is 26.6 Å². The summed E-state index contributed by atoms with van der Waals surface area (Å²) in [7, 11) is 1.23. The normalized spacial score (nSPS) is 14.6. The number of carbonyl (C=O) groups is 1. The average molecular weight is 851 g/mol. The number of phosphoric ester groups is 1. The molecule has 59 heavy (non-hydrogen) atoms. The molecule has 0 heterocycles. The number of nitrogens with one attached hydrogen (secondary N) is 1. The third-order valence-corrected chi connectivity index (χ3v) is 11.7. The molecule has 0 saturated heterocycles. The van der Waals surface area contributed by atoms with Gasteiger partial charge in [0.1, 0.15) is 13.2 Å². The smallest absolute Gasteiger partial charge is 0.268 e. The highest BCUT2D eigenvalue weighted by atomic mass is 31.2. The Bertz CT molecular complexity index is 1100. The number of rotatable bonds is 44. The topological polar surface area (TPSA) is 108 Å². The van der Waals surface area contributed by atoms with Crippen LogP contribution in [0.5, 0.6) is 0 Å². The molecular weight excluding hydrogens is 756 g/mol. The highest BCUT2D eigenvalue weighted by molar-refractivity contribution is 7.45. The van der Waals surface area contributed by atoms with E-state index in [1.165, 1.54) is 135 Å². The summed E-state index contributed by atoms with van der Waals surface area (Å²) >= 11 is 0. The summed E-state index contributed by atoms with van der Waals surface area (Å²) in [6.07, 6.45) is 53.1. The van der Waals surface area contributed by atoms with E-state index in [-0.39, 0.29) is 12.5 Å². The van der Waals surface area contributed by atoms with Crippen molar-refractivity contribution in [3.05, 3.63) is 48.6 Å². The minimum Gasteiger partial charge on any atom is -0.756 e. The first-order valence-electron chi connectivity index (χ1n) is 24.5. The zero-order valence-corrected chi connectivity index (χ0v) is 40.1. The fourth-order valence-electron chi connectivity index (χ4n) is 6.85. The lowest BCUT2D eigenvalue weighted by molar-refractivity contribution is -0.870. The van der Waals surface area contributed by atoms with Gasteiger partial charge in [-0.15, -0.1) is 0 Å². The van der Waals surface area contributed by atoms with E-state index in [4.69, 9.17) is 9.05 Å². The molecule has 0 aromatic heterocycles. The number of aliphatic hydroxyl groups is 1. The monoisotopic (exact) mass is 851 g/mol. The molecule has 3 unspecified atom stereocenters. The van der Waals surface area contributed by atoms with Crippen LogP contribution < -0.4 is 10.2 Å². The van der Waals surface area contributed by atoms with Crippen LogP contribution >= 0.6 is 7.82 Å². The van der Waals surface area contributed by atoms with E-state index in [0.29, 0.717) is 17.4 Å². The molecule has 0 fully saturated rings. The quantitative estimate of drug-likeness (QED) is 0.0274. The standard InChI is InChI=1S/C50H95N2O6P/c1-6-8-10-12-14-16-18-20-22-23-24-25-26-27-28-29-30-32-34-36-38-40-42-44-50(54)51-48(47-58-59(55,56)57-46-45-52(3,4)5)49(53)43-41-39-37-35-33-31-21-19-17-15-13-11-9-7-2/h24-25,27-28,33,35,41,43,48-49,53H,6-23,26,29-32,34,36-40,42,44-47H2,1-5H3,(H-,51,54,55,56)/b25-24-,28-27-,35-33+,43-41+. The lowest BCUT2D eigenvalue weighted by atomic mass is 10.1. The van der Waals surface area contributed by atoms with Crippen LogP contribution in [0.2, 0.25) is 0 Å². The van der Waals surface area contributed by atoms with Crippen LogP contribution in [0.3, 0.4) is 0 Å². The van der Waals surface area contributed by atoms with Crippen molar-refractivity contribution in [1.29, 1.82) is 0 Å². The molecule has 0 saturated carbocycles. The summed E-state index contributed by atoms with van der Waals surface area (Å²) in [6, 6.07) is -0.907. The molecule has 1 amide bonds. The predicted octanol–water partition coefficient (Wildman–Crippen LogP) is 13.4. The maximum absolute atomic E-state index is 12.9. The number of aliphatic hydroxyl groups excluding tert-OH is 1. The van der Waals surface area contributed by atoms with Crippen LogP contribution in [0.15, 0.2) is 48.6 Å². The molecule has 0 aromatic carbocycles. The first-order valence-corrected chi connectivity index (χ1v) is 26.0. The summed E-state index contributed by atoms with van der Waals surface area (Å²) in [4.78, 5) is 25.3. The fraction of sp³-hybridized carbons (Fsp3) is 0.820. The zero-order chi connectivity index (χ0) is 43.6. The van der Waals surface area contributed by atoms with Gasteiger partial charge in [0, 0.05) is 6.42 Å². The number of amides is 1. The number of carbonyl (C=O) groups excluding carboxylic acids is 1. The van der Waals surface area contributed by atoms with Crippen LogP contribution in [0.25, 0.3) is 0 Å². The van der Waals surface area contributed by atoms with Crippen LogP contribution in [-0.4, -0.2) is 68.5 Å². The van der Waals surface area contributed by atoms with Crippen LogP contribution in [0.4, 0.5) is 0 Å². The van der Waals surface area contributed by atoms with Gasteiger partial charge in [-0.25, -0.2) is 0 Å². The van der Waals surface area contributed by atoms with Crippen molar-refractivity contribution in [2.75, 3.05) is 40.9 Å². The Morgan fingerprint density at radius 1 is 0.593 bits per heavy atom. The van der Waals surface area contributed by atoms with E-state index in [0.717, 1.165) is 57.8 Å². The summed E-state index contributed by atoms with van der Waals surface area (Å²) in [5, 5.41) is 13.8. The summed E-state index contributed by atoms with van der Waals surface area (Å²) in [6.45, 7) is 4.61. The van der Waals surface area contributed by atoms with Gasteiger partial charge in [0.15, 0.2) is 0 Å². The third-order valence-electron chi connectivity index (χ3n) is 10.8. The second kappa shape index (κ2) is 41.8. The number of hydrogen-bond acceptors (Lipinski definition) is 6. The van der Waals surface area contributed by atoms with E-state index in [9.17, 15) is 19.4 Å². The molecular formula is C50H95N2O6P. The Morgan fingerprint density at radius 2 is 1.00 bits per heavy atom. The number of nitrogens with zero attached hydrogens (tertiary/aromatic N) is 1. The molecule has 0 aromatic rings. The largest absolute Gasteiger partial charge is 0.756 e. The SMILES string of the molecule is CCCCCCCCCC/C=C/CC/C=C/C(O)C(COP(=O)([O-])OCC[N+](C)(C)C)NC(=O)CCCCCCCCC/C=C\C/C=C\CCCCCCCCCCC. The van der Waals surface area contributed by atoms with Gasteiger partial charge in [-0.2, -0.15) is 0 Å². The van der Waals surface area contributed by atoms with E-state index >= 15 is 0 Å². The molecule has 0 radical (unpaired) electrons. The van der Waals surface area contributed by atoms with Gasteiger partial charge in [-0.05, 0) is 64.2 Å². The van der Waals surface area contributed by atoms with E-state index in [1.54, 1.807) is 6.08 Å². The Hall–Kier alpha value is -1.54. The minimum absolute atomic E-state index is 0.00920. The van der Waals surface area contributed by atoms with Gasteiger partial charge in [-0.3, -0.25) is 9.36 Å². The summed E-state index contributed by atoms with van der Waals surface area (Å²) < 4.78 is 23.2. The lowest BCUT2D eigenvalue weighted by Crippen LogP contribution is -2.45. The molecule has 0 bridgehead atoms. The first-order chi connectivity index (χ1) is 28.5. The van der Waals surface area contributed by atoms with Crippen molar-refractivity contribution < 1.29 is 32.9 Å². The zero-order valence-electron chi connectivity index (χ0n) is 39.2. The van der Waals surface area contributed by atoms with E-state index in [1.807, 2.05) is 27.2 Å². The molecule has 346 valence electrons. The molecule has 9 heteroatoms. The van der Waals surface area contributed by atoms with Crippen LogP contribution in [0, 0.1) is 0 Å². The maximum atomic E-state index is 12.9. The third kappa shape index (κ3) is 44.3. The number of quaternary nitrogens is 1. The maximum Gasteiger partial charge on any atom is 0.268 e. The Kier molecular flexibility index (Phi) is 40.7.